The van der Waals surface area contributed by atoms with Crippen LogP contribution in [0.2, 0.25) is 0 Å². The molecule has 0 spiro atoms. The van der Waals surface area contributed by atoms with Gasteiger partial charge in [-0.25, -0.2) is 13.1 Å². The lowest BCUT2D eigenvalue weighted by Crippen LogP contribution is -2.20. The predicted octanol–water partition coefficient (Wildman–Crippen LogP) is 3.13. The van der Waals surface area contributed by atoms with Crippen LogP contribution in [0.3, 0.4) is 0 Å². The maximum atomic E-state index is 11.8. The van der Waals surface area contributed by atoms with Gasteiger partial charge in [-0.1, -0.05) is 34.1 Å². The largest absolute Gasteiger partial charge is 0.472 e. The normalized spacial score (nSPS) is 12.1. The zero-order chi connectivity index (χ0) is 13.7. The third-order valence-corrected chi connectivity index (χ3v) is 4.15. The SMILES string of the molecule is O=S(=O)(/C=C/c1ccccc1Br)NCc1ccoc1. The molecule has 0 fully saturated rings. The maximum Gasteiger partial charge on any atom is 0.234 e. The summed E-state index contributed by atoms with van der Waals surface area (Å²) in [7, 11) is -3.47. The van der Waals surface area contributed by atoms with Crippen molar-refractivity contribution in [2.75, 3.05) is 0 Å². The Balaban J connectivity index is 2.03. The van der Waals surface area contributed by atoms with Crippen molar-refractivity contribution in [3.63, 3.8) is 0 Å². The first-order valence-corrected chi connectivity index (χ1v) is 7.84. The summed E-state index contributed by atoms with van der Waals surface area (Å²) < 4.78 is 31.7. The number of nitrogens with one attached hydrogen (secondary N) is 1. The predicted molar refractivity (Wildman–Crippen MR) is 77.6 cm³/mol. The van der Waals surface area contributed by atoms with Gasteiger partial charge in [-0.3, -0.25) is 0 Å². The van der Waals surface area contributed by atoms with E-state index in [0.717, 1.165) is 21.0 Å². The van der Waals surface area contributed by atoms with Crippen molar-refractivity contribution < 1.29 is 12.8 Å². The molecule has 1 heterocycles. The van der Waals surface area contributed by atoms with E-state index in [2.05, 4.69) is 20.7 Å². The lowest BCUT2D eigenvalue weighted by molar-refractivity contribution is 0.562. The second-order valence-electron chi connectivity index (χ2n) is 3.82. The van der Waals surface area contributed by atoms with Gasteiger partial charge in [0, 0.05) is 22.0 Å². The van der Waals surface area contributed by atoms with Gasteiger partial charge >= 0.3 is 0 Å². The Bertz CT molecular complexity index is 663. The molecule has 0 unspecified atom stereocenters. The number of hydrogen-bond donors (Lipinski definition) is 1. The lowest BCUT2D eigenvalue weighted by Gasteiger charge is -2.01. The first kappa shape index (κ1) is 14.0. The smallest absolute Gasteiger partial charge is 0.234 e. The average Bonchev–Trinajstić information content (AvgIpc) is 2.89. The minimum atomic E-state index is -3.47. The number of halogens is 1. The molecule has 0 saturated carbocycles. The highest BCUT2D eigenvalue weighted by Crippen LogP contribution is 2.17. The molecule has 2 aromatic rings. The molecule has 1 N–H and O–H groups in total. The standard InChI is InChI=1S/C13H12BrNO3S/c14-13-4-2-1-3-12(13)6-8-19(16,17)15-9-11-5-7-18-10-11/h1-8,10,15H,9H2/b8-6+. The van der Waals surface area contributed by atoms with Crippen molar-refractivity contribution in [1.82, 2.24) is 4.72 Å². The molecule has 1 aromatic carbocycles. The minimum absolute atomic E-state index is 0.207. The van der Waals surface area contributed by atoms with E-state index >= 15 is 0 Å². The fraction of sp³-hybridized carbons (Fsp3) is 0.0769. The summed E-state index contributed by atoms with van der Waals surface area (Å²) in [6, 6.07) is 9.10. The Morgan fingerprint density at radius 2 is 2.05 bits per heavy atom. The van der Waals surface area contributed by atoms with Gasteiger partial charge in [-0.2, -0.15) is 0 Å². The van der Waals surface area contributed by atoms with Crippen LogP contribution in [0.4, 0.5) is 0 Å². The van der Waals surface area contributed by atoms with Crippen molar-refractivity contribution in [3.05, 3.63) is 63.9 Å². The van der Waals surface area contributed by atoms with Crippen LogP contribution in [-0.2, 0) is 16.6 Å². The van der Waals surface area contributed by atoms with E-state index < -0.39 is 10.0 Å². The quantitative estimate of drug-likeness (QED) is 0.908. The molecule has 0 radical (unpaired) electrons. The molecule has 2 rings (SSSR count). The van der Waals surface area contributed by atoms with Crippen molar-refractivity contribution >= 4 is 32.0 Å². The summed E-state index contributed by atoms with van der Waals surface area (Å²) in [5, 5.41) is 1.15. The summed E-state index contributed by atoms with van der Waals surface area (Å²) in [6.45, 7) is 0.207. The van der Waals surface area contributed by atoms with E-state index in [4.69, 9.17) is 4.42 Å². The van der Waals surface area contributed by atoms with Crippen LogP contribution in [0.1, 0.15) is 11.1 Å². The second-order valence-corrected chi connectivity index (χ2v) is 6.33. The van der Waals surface area contributed by atoms with E-state index in [9.17, 15) is 8.42 Å². The summed E-state index contributed by atoms with van der Waals surface area (Å²) in [4.78, 5) is 0. The van der Waals surface area contributed by atoms with Crippen molar-refractivity contribution in [2.24, 2.45) is 0 Å². The zero-order valence-corrected chi connectivity index (χ0v) is 12.3. The molecule has 0 aliphatic carbocycles. The highest BCUT2D eigenvalue weighted by molar-refractivity contribution is 9.10. The Hall–Kier alpha value is -1.37. The first-order valence-electron chi connectivity index (χ1n) is 5.50. The Labute approximate surface area is 120 Å². The highest BCUT2D eigenvalue weighted by atomic mass is 79.9. The summed E-state index contributed by atoms with van der Waals surface area (Å²) in [5.41, 5.74) is 1.58. The molecule has 6 heteroatoms. The molecule has 0 atom stereocenters. The van der Waals surface area contributed by atoms with E-state index in [1.165, 1.54) is 12.5 Å². The van der Waals surface area contributed by atoms with Gasteiger partial charge in [-0.15, -0.1) is 0 Å². The molecule has 19 heavy (non-hydrogen) atoms. The molecule has 4 nitrogen and oxygen atoms in total. The molecule has 100 valence electrons. The molecular formula is C13H12BrNO3S. The number of rotatable bonds is 5. The van der Waals surface area contributed by atoms with Gasteiger partial charge in [-0.05, 0) is 23.8 Å². The number of benzene rings is 1. The summed E-state index contributed by atoms with van der Waals surface area (Å²) in [5.74, 6) is 0. The average molecular weight is 342 g/mol. The fourth-order valence-electron chi connectivity index (χ4n) is 1.40. The van der Waals surface area contributed by atoms with Crippen LogP contribution >= 0.6 is 15.9 Å². The summed E-state index contributed by atoms with van der Waals surface area (Å²) >= 11 is 3.36. The molecule has 0 saturated heterocycles. The topological polar surface area (TPSA) is 59.3 Å². The van der Waals surface area contributed by atoms with Gasteiger partial charge in [0.1, 0.15) is 0 Å². The van der Waals surface area contributed by atoms with Crippen LogP contribution in [0.25, 0.3) is 6.08 Å². The lowest BCUT2D eigenvalue weighted by atomic mass is 10.2. The van der Waals surface area contributed by atoms with Gasteiger partial charge < -0.3 is 4.42 Å². The molecule has 0 aliphatic rings. The minimum Gasteiger partial charge on any atom is -0.472 e. The van der Waals surface area contributed by atoms with Crippen LogP contribution < -0.4 is 4.72 Å². The van der Waals surface area contributed by atoms with Crippen LogP contribution in [0, 0.1) is 0 Å². The Kier molecular flexibility index (Phi) is 4.57. The number of furan rings is 1. The monoisotopic (exact) mass is 341 g/mol. The van der Waals surface area contributed by atoms with Gasteiger partial charge in [0.05, 0.1) is 12.5 Å². The molecule has 0 bridgehead atoms. The Morgan fingerprint density at radius 3 is 2.74 bits per heavy atom. The van der Waals surface area contributed by atoms with Gasteiger partial charge in [0.15, 0.2) is 0 Å². The fourth-order valence-corrected chi connectivity index (χ4v) is 2.61. The zero-order valence-electron chi connectivity index (χ0n) is 9.91. The maximum absolute atomic E-state index is 11.8. The van der Waals surface area contributed by atoms with Crippen molar-refractivity contribution in [1.29, 1.82) is 0 Å². The van der Waals surface area contributed by atoms with E-state index in [-0.39, 0.29) is 6.54 Å². The third-order valence-electron chi connectivity index (χ3n) is 2.39. The van der Waals surface area contributed by atoms with Gasteiger partial charge in [0.25, 0.3) is 0 Å². The van der Waals surface area contributed by atoms with Crippen LogP contribution in [-0.4, -0.2) is 8.42 Å². The Morgan fingerprint density at radius 1 is 1.26 bits per heavy atom. The first-order chi connectivity index (χ1) is 9.07. The third kappa shape index (κ3) is 4.34. The second kappa shape index (κ2) is 6.18. The van der Waals surface area contributed by atoms with E-state index in [0.29, 0.717) is 0 Å². The van der Waals surface area contributed by atoms with Crippen LogP contribution in [0.15, 0.2) is 57.2 Å². The molecule has 0 aliphatic heterocycles. The van der Waals surface area contributed by atoms with Crippen LogP contribution in [0.5, 0.6) is 0 Å². The molecule has 1 aromatic heterocycles. The summed E-state index contributed by atoms with van der Waals surface area (Å²) in [6.07, 6.45) is 4.54. The van der Waals surface area contributed by atoms with Gasteiger partial charge in [0.2, 0.25) is 10.0 Å². The van der Waals surface area contributed by atoms with E-state index in [1.807, 2.05) is 24.3 Å². The van der Waals surface area contributed by atoms with Crippen molar-refractivity contribution in [2.45, 2.75) is 6.54 Å². The number of sulfonamides is 1. The van der Waals surface area contributed by atoms with Crippen molar-refractivity contribution in [3.8, 4) is 0 Å². The highest BCUT2D eigenvalue weighted by Gasteiger charge is 2.06. The number of hydrogen-bond acceptors (Lipinski definition) is 3. The molecular weight excluding hydrogens is 330 g/mol. The molecule has 0 amide bonds. The van der Waals surface area contributed by atoms with E-state index in [1.54, 1.807) is 12.1 Å².